The molecule has 1 aromatic heterocycles. The fourth-order valence-electron chi connectivity index (χ4n) is 2.02. The summed E-state index contributed by atoms with van der Waals surface area (Å²) in [6.45, 7) is 1.79. The lowest BCUT2D eigenvalue weighted by atomic mass is 10.1. The number of anilines is 1. The minimum atomic E-state index is -0.874. The highest BCUT2D eigenvalue weighted by Gasteiger charge is 2.19. The van der Waals surface area contributed by atoms with Crippen LogP contribution in [0.2, 0.25) is 0 Å². The van der Waals surface area contributed by atoms with Crippen molar-refractivity contribution in [3.8, 4) is 0 Å². The third kappa shape index (κ3) is 5.10. The smallest absolute Gasteiger partial charge is 0.304 e. The van der Waals surface area contributed by atoms with Gasteiger partial charge in [0.05, 0.1) is 12.1 Å². The van der Waals surface area contributed by atoms with Crippen molar-refractivity contribution in [2.24, 2.45) is 0 Å². The van der Waals surface area contributed by atoms with Gasteiger partial charge in [0.15, 0.2) is 0 Å². The molecule has 0 saturated carbocycles. The lowest BCUT2D eigenvalue weighted by molar-refractivity contribution is -0.137. The highest BCUT2D eigenvalue weighted by Crippen LogP contribution is 2.40. The molecule has 0 spiro atoms. The number of nitrogens with zero attached hydrogens (tertiary/aromatic N) is 1. The number of pyridine rings is 1. The molecule has 1 heterocycles. The Kier molecular flexibility index (Phi) is 6.17. The van der Waals surface area contributed by atoms with Gasteiger partial charge in [0, 0.05) is 29.0 Å². The van der Waals surface area contributed by atoms with Crippen LogP contribution < -0.4 is 5.32 Å². The van der Waals surface area contributed by atoms with Crippen LogP contribution in [0.3, 0.4) is 0 Å². The van der Waals surface area contributed by atoms with Crippen LogP contribution in [0, 0.1) is 0 Å². The van der Waals surface area contributed by atoms with Crippen molar-refractivity contribution in [3.05, 3.63) is 54.4 Å². The van der Waals surface area contributed by atoms with E-state index in [-0.39, 0.29) is 17.6 Å². The number of hydrogen-bond acceptors (Lipinski definition) is 4. The molecule has 0 saturated heterocycles. The van der Waals surface area contributed by atoms with Crippen molar-refractivity contribution in [1.82, 2.24) is 4.98 Å². The Morgan fingerprint density at radius 3 is 2.70 bits per heavy atom. The number of rotatable bonds is 7. The minimum absolute atomic E-state index is 0.0214. The number of aromatic nitrogens is 1. The summed E-state index contributed by atoms with van der Waals surface area (Å²) in [4.78, 5) is 27.7. The van der Waals surface area contributed by atoms with E-state index in [4.69, 9.17) is 0 Å². The fraction of sp³-hybridized carbons (Fsp3) is 0.235. The van der Waals surface area contributed by atoms with Crippen LogP contribution in [0.1, 0.15) is 30.6 Å². The zero-order chi connectivity index (χ0) is 16.7. The molecule has 0 aliphatic heterocycles. The van der Waals surface area contributed by atoms with E-state index in [1.54, 1.807) is 25.4 Å². The minimum Gasteiger partial charge on any atom is -0.481 e. The first kappa shape index (κ1) is 17.0. The number of carbonyl (C=O) groups is 2. The zero-order valence-electron chi connectivity index (χ0n) is 12.7. The van der Waals surface area contributed by atoms with Gasteiger partial charge in [-0.2, -0.15) is 0 Å². The molecule has 0 bridgehead atoms. The predicted molar refractivity (Wildman–Crippen MR) is 90.5 cm³/mol. The summed E-state index contributed by atoms with van der Waals surface area (Å²) in [5.41, 5.74) is 1.54. The molecule has 2 N–H and O–H groups in total. The van der Waals surface area contributed by atoms with Gasteiger partial charge < -0.3 is 10.4 Å². The van der Waals surface area contributed by atoms with Crippen LogP contribution in [0.25, 0.3) is 0 Å². The molecule has 1 aromatic carbocycles. The Balaban J connectivity index is 2.26. The Morgan fingerprint density at radius 2 is 2.04 bits per heavy atom. The summed E-state index contributed by atoms with van der Waals surface area (Å²) >= 11 is 1.41. The molecule has 2 rings (SSSR count). The maximum Gasteiger partial charge on any atom is 0.304 e. The number of amides is 1. The quantitative estimate of drug-likeness (QED) is 0.756. The summed E-state index contributed by atoms with van der Waals surface area (Å²) in [6.07, 6.45) is 3.70. The van der Waals surface area contributed by atoms with Gasteiger partial charge in [0.2, 0.25) is 5.91 Å². The lowest BCUT2D eigenvalue weighted by Crippen LogP contribution is -2.10. The summed E-state index contributed by atoms with van der Waals surface area (Å²) in [5, 5.41) is 11.7. The lowest BCUT2D eigenvalue weighted by Gasteiger charge is -2.17. The normalized spacial score (nSPS) is 11.7. The highest BCUT2D eigenvalue weighted by molar-refractivity contribution is 7.99. The number of nitrogens with one attached hydrogen (secondary N) is 1. The molecule has 6 heteroatoms. The van der Waals surface area contributed by atoms with Crippen LogP contribution in [0.15, 0.2) is 53.7 Å². The van der Waals surface area contributed by atoms with Gasteiger partial charge in [-0.1, -0.05) is 25.1 Å². The monoisotopic (exact) mass is 330 g/mol. The molecule has 1 unspecified atom stereocenters. The first-order valence-corrected chi connectivity index (χ1v) is 8.15. The first-order valence-electron chi connectivity index (χ1n) is 7.27. The van der Waals surface area contributed by atoms with Gasteiger partial charge in [0.1, 0.15) is 0 Å². The first-order chi connectivity index (χ1) is 11.1. The molecule has 5 nitrogen and oxygen atoms in total. The molecule has 0 radical (unpaired) electrons. The topological polar surface area (TPSA) is 79.3 Å². The number of thioether (sulfide) groups is 1. The van der Waals surface area contributed by atoms with Gasteiger partial charge in [-0.25, -0.2) is 0 Å². The molecule has 23 heavy (non-hydrogen) atoms. The van der Waals surface area contributed by atoms with Crippen molar-refractivity contribution in [3.63, 3.8) is 0 Å². The third-order valence-electron chi connectivity index (χ3n) is 3.17. The van der Waals surface area contributed by atoms with E-state index in [1.165, 1.54) is 11.8 Å². The SMILES string of the molecule is CCC(=O)Nc1ccccc1SC(CC(=O)O)c1cccnc1. The van der Waals surface area contributed by atoms with Crippen molar-refractivity contribution in [1.29, 1.82) is 0 Å². The second-order valence-corrected chi connectivity index (χ2v) is 6.13. The van der Waals surface area contributed by atoms with E-state index in [9.17, 15) is 14.7 Å². The fourth-order valence-corrected chi connectivity index (χ4v) is 3.23. The maximum atomic E-state index is 11.6. The number of benzene rings is 1. The van der Waals surface area contributed by atoms with E-state index in [2.05, 4.69) is 10.3 Å². The third-order valence-corrected chi connectivity index (χ3v) is 4.50. The number of carbonyl (C=O) groups excluding carboxylic acids is 1. The Labute approximate surface area is 139 Å². The Hall–Kier alpha value is -2.34. The number of para-hydroxylation sites is 1. The molecule has 0 aliphatic rings. The van der Waals surface area contributed by atoms with Crippen LogP contribution in [0.5, 0.6) is 0 Å². The van der Waals surface area contributed by atoms with Gasteiger partial charge in [-0.15, -0.1) is 11.8 Å². The largest absolute Gasteiger partial charge is 0.481 e. The molecule has 0 fully saturated rings. The average molecular weight is 330 g/mol. The molecule has 0 aliphatic carbocycles. The van der Waals surface area contributed by atoms with E-state index >= 15 is 0 Å². The summed E-state index contributed by atoms with van der Waals surface area (Å²) < 4.78 is 0. The van der Waals surface area contributed by atoms with Crippen molar-refractivity contribution in [2.45, 2.75) is 29.9 Å². The van der Waals surface area contributed by atoms with E-state index in [0.29, 0.717) is 12.1 Å². The van der Waals surface area contributed by atoms with Gasteiger partial charge in [-0.05, 0) is 23.8 Å². The molecule has 1 atom stereocenters. The van der Waals surface area contributed by atoms with E-state index < -0.39 is 5.97 Å². The van der Waals surface area contributed by atoms with Crippen molar-refractivity contribution >= 4 is 29.3 Å². The van der Waals surface area contributed by atoms with Gasteiger partial charge in [-0.3, -0.25) is 14.6 Å². The Bertz CT molecular complexity index is 677. The summed E-state index contributed by atoms with van der Waals surface area (Å²) in [5.74, 6) is -0.948. The van der Waals surface area contributed by atoms with E-state index in [1.807, 2.05) is 30.3 Å². The molecule has 1 amide bonds. The Morgan fingerprint density at radius 1 is 1.26 bits per heavy atom. The summed E-state index contributed by atoms with van der Waals surface area (Å²) in [7, 11) is 0. The molecular weight excluding hydrogens is 312 g/mol. The highest BCUT2D eigenvalue weighted by atomic mass is 32.2. The number of carboxylic acids is 1. The van der Waals surface area contributed by atoms with Gasteiger partial charge >= 0.3 is 5.97 Å². The van der Waals surface area contributed by atoms with Crippen molar-refractivity contribution in [2.75, 3.05) is 5.32 Å². The molecule has 120 valence electrons. The summed E-state index contributed by atoms with van der Waals surface area (Å²) in [6, 6.07) is 11.0. The van der Waals surface area contributed by atoms with Crippen LogP contribution in [-0.2, 0) is 9.59 Å². The van der Waals surface area contributed by atoms with Gasteiger partial charge in [0.25, 0.3) is 0 Å². The van der Waals surface area contributed by atoms with Crippen LogP contribution in [0.4, 0.5) is 5.69 Å². The number of aliphatic carboxylic acids is 1. The number of hydrogen-bond donors (Lipinski definition) is 2. The predicted octanol–water partition coefficient (Wildman–Crippen LogP) is 3.74. The standard InChI is InChI=1S/C17H18N2O3S/c1-2-16(20)19-13-7-3-4-8-14(13)23-15(10-17(21)22)12-6-5-9-18-11-12/h3-9,11,15H,2,10H2,1H3,(H,19,20)(H,21,22). The molecular formula is C17H18N2O3S. The average Bonchev–Trinajstić information content (AvgIpc) is 2.56. The second-order valence-electron chi connectivity index (χ2n) is 4.89. The van der Waals surface area contributed by atoms with Crippen molar-refractivity contribution < 1.29 is 14.7 Å². The second kappa shape index (κ2) is 8.33. The van der Waals surface area contributed by atoms with Crippen LogP contribution >= 0.6 is 11.8 Å². The molecule has 2 aromatic rings. The van der Waals surface area contributed by atoms with Crippen LogP contribution in [-0.4, -0.2) is 22.0 Å². The van der Waals surface area contributed by atoms with E-state index in [0.717, 1.165) is 10.5 Å². The maximum absolute atomic E-state index is 11.6. The number of carboxylic acid groups (broad SMARTS) is 1. The zero-order valence-corrected chi connectivity index (χ0v) is 13.5.